The zero-order valence-electron chi connectivity index (χ0n) is 8.40. The highest BCUT2D eigenvalue weighted by molar-refractivity contribution is 6.03. The molecule has 1 rings (SSSR count). The quantitative estimate of drug-likeness (QED) is 0.763. The summed E-state index contributed by atoms with van der Waals surface area (Å²) in [5.41, 5.74) is 1.29. The van der Waals surface area contributed by atoms with Crippen LogP contribution in [-0.4, -0.2) is 23.6 Å². The molecule has 0 atom stereocenters. The number of benzene rings is 1. The number of aldehydes is 2. The Morgan fingerprint density at radius 3 is 2.13 bits per heavy atom. The maximum atomic E-state index is 10.8. The molecule has 0 aliphatic heterocycles. The lowest BCUT2D eigenvalue weighted by Crippen LogP contribution is -2.08. The molecule has 0 fully saturated rings. The minimum atomic E-state index is -1.21. The van der Waals surface area contributed by atoms with Crippen molar-refractivity contribution in [3.8, 4) is 0 Å². The summed E-state index contributed by atoms with van der Waals surface area (Å²) in [6.07, 6.45) is 0.915. The van der Waals surface area contributed by atoms with E-state index in [1.54, 1.807) is 13.8 Å². The first-order chi connectivity index (χ1) is 7.02. The molecule has 0 spiro atoms. The van der Waals surface area contributed by atoms with Crippen molar-refractivity contribution in [3.63, 3.8) is 0 Å². The van der Waals surface area contributed by atoms with Gasteiger partial charge in [0.1, 0.15) is 0 Å². The van der Waals surface area contributed by atoms with Gasteiger partial charge in [0.25, 0.3) is 0 Å². The van der Waals surface area contributed by atoms with Crippen molar-refractivity contribution >= 4 is 18.5 Å². The van der Waals surface area contributed by atoms with Crippen molar-refractivity contribution in [3.05, 3.63) is 33.9 Å². The van der Waals surface area contributed by atoms with Crippen molar-refractivity contribution in [2.24, 2.45) is 0 Å². The van der Waals surface area contributed by atoms with E-state index in [1.807, 2.05) is 0 Å². The molecule has 0 aliphatic rings. The van der Waals surface area contributed by atoms with Gasteiger partial charge in [0.15, 0.2) is 12.6 Å². The summed E-state index contributed by atoms with van der Waals surface area (Å²) in [5.74, 6) is -1.21. The molecule has 0 saturated heterocycles. The van der Waals surface area contributed by atoms with Crippen LogP contribution in [0.2, 0.25) is 0 Å². The van der Waals surface area contributed by atoms with Crippen LogP contribution in [-0.2, 0) is 0 Å². The molecule has 0 saturated carbocycles. The van der Waals surface area contributed by atoms with Crippen LogP contribution in [0.1, 0.15) is 42.2 Å². The molecule has 0 bridgehead atoms. The maximum Gasteiger partial charge on any atom is 0.336 e. The molecule has 0 aliphatic carbocycles. The largest absolute Gasteiger partial charge is 0.478 e. The van der Waals surface area contributed by atoms with Crippen molar-refractivity contribution in [2.45, 2.75) is 13.8 Å². The molecule has 0 unspecified atom stereocenters. The molecule has 1 N–H and O–H groups in total. The summed E-state index contributed by atoms with van der Waals surface area (Å²) in [6.45, 7) is 3.38. The third-order valence-corrected chi connectivity index (χ3v) is 2.40. The van der Waals surface area contributed by atoms with Crippen molar-refractivity contribution in [2.75, 3.05) is 0 Å². The monoisotopic (exact) mass is 206 g/mol. The smallest absolute Gasteiger partial charge is 0.336 e. The minimum Gasteiger partial charge on any atom is -0.478 e. The van der Waals surface area contributed by atoms with Gasteiger partial charge in [-0.3, -0.25) is 9.59 Å². The fourth-order valence-electron chi connectivity index (χ4n) is 1.42. The van der Waals surface area contributed by atoms with Crippen LogP contribution in [0, 0.1) is 13.8 Å². The Morgan fingerprint density at radius 1 is 1.20 bits per heavy atom. The van der Waals surface area contributed by atoms with Gasteiger partial charge in [-0.05, 0) is 31.0 Å². The summed E-state index contributed by atoms with van der Waals surface area (Å²) in [4.78, 5) is 32.4. The zero-order chi connectivity index (χ0) is 11.6. The Kier molecular flexibility index (Phi) is 2.99. The van der Waals surface area contributed by atoms with Crippen LogP contribution in [0.3, 0.4) is 0 Å². The van der Waals surface area contributed by atoms with E-state index in [1.165, 1.54) is 6.07 Å². The second-order valence-corrected chi connectivity index (χ2v) is 3.23. The van der Waals surface area contributed by atoms with Crippen molar-refractivity contribution in [1.82, 2.24) is 0 Å². The third kappa shape index (κ3) is 1.79. The number of aryl methyl sites for hydroxylation is 1. The molecule has 0 aromatic heterocycles. The van der Waals surface area contributed by atoms with Crippen LogP contribution in [0.25, 0.3) is 0 Å². The standard InChI is InChI=1S/C11H10O4/c1-6-3-8(11(14)15)10(5-13)9(4-12)7(6)2/h3-5H,1-2H3,(H,14,15). The zero-order valence-corrected chi connectivity index (χ0v) is 8.40. The molecule has 78 valence electrons. The molecule has 1 aromatic carbocycles. The van der Waals surface area contributed by atoms with E-state index in [4.69, 9.17) is 5.11 Å². The van der Waals surface area contributed by atoms with E-state index >= 15 is 0 Å². The number of rotatable bonds is 3. The SMILES string of the molecule is Cc1cc(C(=O)O)c(C=O)c(C=O)c1C. The van der Waals surface area contributed by atoms with Crippen LogP contribution >= 0.6 is 0 Å². The van der Waals surface area contributed by atoms with Crippen molar-refractivity contribution < 1.29 is 19.5 Å². The lowest BCUT2D eigenvalue weighted by atomic mass is 9.94. The first-order valence-electron chi connectivity index (χ1n) is 4.30. The van der Waals surface area contributed by atoms with E-state index in [0.29, 0.717) is 23.7 Å². The molecular formula is C11H10O4. The maximum absolute atomic E-state index is 10.8. The van der Waals surface area contributed by atoms with Gasteiger partial charge in [0.05, 0.1) is 5.56 Å². The van der Waals surface area contributed by atoms with Gasteiger partial charge in [-0.15, -0.1) is 0 Å². The Balaban J connectivity index is 3.69. The predicted molar refractivity (Wildman–Crippen MR) is 53.7 cm³/mol. The number of carbonyl (C=O) groups is 3. The second kappa shape index (κ2) is 4.04. The van der Waals surface area contributed by atoms with E-state index in [-0.39, 0.29) is 16.7 Å². The second-order valence-electron chi connectivity index (χ2n) is 3.23. The number of hydrogen-bond donors (Lipinski definition) is 1. The minimum absolute atomic E-state index is 0.0550. The van der Waals surface area contributed by atoms with Gasteiger partial charge in [0, 0.05) is 11.1 Å². The van der Waals surface area contributed by atoms with Gasteiger partial charge < -0.3 is 5.11 Å². The highest BCUT2D eigenvalue weighted by Gasteiger charge is 2.17. The van der Waals surface area contributed by atoms with E-state index in [0.717, 1.165) is 0 Å². The summed E-state index contributed by atoms with van der Waals surface area (Å²) < 4.78 is 0. The number of hydrogen-bond acceptors (Lipinski definition) is 3. The molecular weight excluding hydrogens is 196 g/mol. The average Bonchev–Trinajstić information content (AvgIpc) is 2.20. The normalized spacial score (nSPS) is 9.73. The molecule has 0 heterocycles. The Morgan fingerprint density at radius 2 is 1.73 bits per heavy atom. The summed E-state index contributed by atoms with van der Waals surface area (Å²) in [7, 11) is 0. The summed E-state index contributed by atoms with van der Waals surface area (Å²) in [5, 5.41) is 8.86. The highest BCUT2D eigenvalue weighted by Crippen LogP contribution is 2.20. The molecule has 4 heteroatoms. The highest BCUT2D eigenvalue weighted by atomic mass is 16.4. The van der Waals surface area contributed by atoms with Crippen LogP contribution < -0.4 is 0 Å². The molecule has 1 aromatic rings. The predicted octanol–water partition coefficient (Wildman–Crippen LogP) is 1.63. The van der Waals surface area contributed by atoms with Gasteiger partial charge in [-0.25, -0.2) is 4.79 Å². The van der Waals surface area contributed by atoms with Crippen LogP contribution in [0.15, 0.2) is 6.07 Å². The number of carboxylic acids is 1. The van der Waals surface area contributed by atoms with E-state index in [2.05, 4.69) is 0 Å². The average molecular weight is 206 g/mol. The van der Waals surface area contributed by atoms with Crippen LogP contribution in [0.4, 0.5) is 0 Å². The summed E-state index contributed by atoms with van der Waals surface area (Å²) in [6, 6.07) is 1.40. The van der Waals surface area contributed by atoms with E-state index < -0.39 is 5.97 Å². The fourth-order valence-corrected chi connectivity index (χ4v) is 1.42. The molecule has 0 radical (unpaired) electrons. The van der Waals surface area contributed by atoms with Gasteiger partial charge >= 0.3 is 5.97 Å². The van der Waals surface area contributed by atoms with Gasteiger partial charge in [-0.1, -0.05) is 0 Å². The lowest BCUT2D eigenvalue weighted by molar-refractivity contribution is 0.0694. The number of carbonyl (C=O) groups excluding carboxylic acids is 2. The first-order valence-corrected chi connectivity index (χ1v) is 4.30. The Bertz CT molecular complexity index is 446. The Labute approximate surface area is 86.5 Å². The first kappa shape index (κ1) is 11.1. The molecule has 4 nitrogen and oxygen atoms in total. The number of aromatic carboxylic acids is 1. The third-order valence-electron chi connectivity index (χ3n) is 2.40. The number of carboxylic acid groups (broad SMARTS) is 1. The lowest BCUT2D eigenvalue weighted by Gasteiger charge is -2.09. The van der Waals surface area contributed by atoms with E-state index in [9.17, 15) is 14.4 Å². The van der Waals surface area contributed by atoms with Crippen LogP contribution in [0.5, 0.6) is 0 Å². The summed E-state index contributed by atoms with van der Waals surface area (Å²) >= 11 is 0. The fraction of sp³-hybridized carbons (Fsp3) is 0.182. The van der Waals surface area contributed by atoms with Gasteiger partial charge in [0.2, 0.25) is 0 Å². The Hall–Kier alpha value is -1.97. The van der Waals surface area contributed by atoms with Gasteiger partial charge in [-0.2, -0.15) is 0 Å². The topological polar surface area (TPSA) is 71.4 Å². The molecule has 15 heavy (non-hydrogen) atoms. The molecule has 0 amide bonds. The van der Waals surface area contributed by atoms with Crippen molar-refractivity contribution in [1.29, 1.82) is 0 Å².